The van der Waals surface area contributed by atoms with Gasteiger partial charge < -0.3 is 5.32 Å². The molecular formula is C15H12Cl2N2O3. The molecule has 2 aromatic rings. The molecule has 0 aliphatic carbocycles. The Labute approximate surface area is 137 Å². The zero-order chi connectivity index (χ0) is 16.4. The van der Waals surface area contributed by atoms with Crippen LogP contribution in [0.4, 0.5) is 11.4 Å². The summed E-state index contributed by atoms with van der Waals surface area (Å²) in [5.41, 5.74) is 1.67. The first-order chi connectivity index (χ1) is 10.3. The van der Waals surface area contributed by atoms with Crippen molar-refractivity contribution in [1.29, 1.82) is 0 Å². The Morgan fingerprint density at radius 2 is 1.86 bits per heavy atom. The van der Waals surface area contributed by atoms with E-state index in [1.54, 1.807) is 13.0 Å². The fourth-order valence-corrected chi connectivity index (χ4v) is 2.46. The summed E-state index contributed by atoms with van der Waals surface area (Å²) in [5.74, 6) is -0.529. The molecule has 2 rings (SSSR count). The first kappa shape index (κ1) is 16.3. The number of amides is 1. The number of anilines is 1. The molecule has 2 aromatic carbocycles. The summed E-state index contributed by atoms with van der Waals surface area (Å²) in [4.78, 5) is 22.9. The second-order valence-corrected chi connectivity index (χ2v) is 5.58. The van der Waals surface area contributed by atoms with Crippen LogP contribution in [0.1, 0.15) is 21.5 Å². The van der Waals surface area contributed by atoms with Crippen LogP contribution in [0, 0.1) is 24.0 Å². The van der Waals surface area contributed by atoms with E-state index in [4.69, 9.17) is 23.2 Å². The minimum atomic E-state index is -0.536. The van der Waals surface area contributed by atoms with Crippen molar-refractivity contribution in [2.75, 3.05) is 5.32 Å². The van der Waals surface area contributed by atoms with Gasteiger partial charge >= 0.3 is 0 Å². The van der Waals surface area contributed by atoms with E-state index in [2.05, 4.69) is 5.32 Å². The van der Waals surface area contributed by atoms with Gasteiger partial charge in [0.1, 0.15) is 5.69 Å². The first-order valence-electron chi connectivity index (χ1n) is 6.32. The maximum Gasteiger partial charge on any atom is 0.293 e. The van der Waals surface area contributed by atoms with E-state index in [1.165, 1.54) is 24.3 Å². The number of aryl methyl sites for hydroxylation is 1. The summed E-state index contributed by atoms with van der Waals surface area (Å²) < 4.78 is 0. The van der Waals surface area contributed by atoms with Crippen molar-refractivity contribution in [3.8, 4) is 0 Å². The lowest BCUT2D eigenvalue weighted by atomic mass is 10.1. The number of hydrogen-bond acceptors (Lipinski definition) is 3. The van der Waals surface area contributed by atoms with Crippen molar-refractivity contribution < 1.29 is 9.72 Å². The molecule has 0 atom stereocenters. The van der Waals surface area contributed by atoms with E-state index in [0.29, 0.717) is 10.6 Å². The van der Waals surface area contributed by atoms with Crippen molar-refractivity contribution >= 4 is 40.5 Å². The number of benzene rings is 2. The van der Waals surface area contributed by atoms with Crippen molar-refractivity contribution in [1.82, 2.24) is 0 Å². The lowest BCUT2D eigenvalue weighted by molar-refractivity contribution is -0.384. The Morgan fingerprint density at radius 3 is 2.45 bits per heavy atom. The van der Waals surface area contributed by atoms with Crippen molar-refractivity contribution in [2.24, 2.45) is 0 Å². The van der Waals surface area contributed by atoms with E-state index in [9.17, 15) is 14.9 Å². The third-order valence-corrected chi connectivity index (χ3v) is 3.87. The molecule has 0 heterocycles. The Bertz CT molecular complexity index is 776. The van der Waals surface area contributed by atoms with Gasteiger partial charge in [0, 0.05) is 11.1 Å². The van der Waals surface area contributed by atoms with Gasteiger partial charge in [-0.3, -0.25) is 14.9 Å². The molecule has 7 heteroatoms. The molecule has 0 saturated heterocycles. The average Bonchev–Trinajstić information content (AvgIpc) is 2.43. The lowest BCUT2D eigenvalue weighted by Gasteiger charge is -2.12. The van der Waals surface area contributed by atoms with Gasteiger partial charge in [-0.2, -0.15) is 0 Å². The molecule has 5 nitrogen and oxygen atoms in total. The molecule has 1 N–H and O–H groups in total. The van der Waals surface area contributed by atoms with Crippen LogP contribution in [0.15, 0.2) is 30.3 Å². The zero-order valence-electron chi connectivity index (χ0n) is 11.8. The molecule has 0 aliphatic heterocycles. The van der Waals surface area contributed by atoms with Crippen molar-refractivity contribution in [3.63, 3.8) is 0 Å². The Kier molecular flexibility index (Phi) is 4.68. The number of nitro groups is 1. The number of carbonyl (C=O) groups is 1. The van der Waals surface area contributed by atoms with Crippen LogP contribution in [-0.2, 0) is 0 Å². The minimum Gasteiger partial charge on any atom is -0.316 e. The highest BCUT2D eigenvalue weighted by Crippen LogP contribution is 2.31. The van der Waals surface area contributed by atoms with Crippen molar-refractivity contribution in [3.05, 3.63) is 67.2 Å². The second kappa shape index (κ2) is 6.34. The molecule has 0 aliphatic rings. The summed E-state index contributed by atoms with van der Waals surface area (Å²) in [6, 6.07) is 7.44. The number of nitrogens with one attached hydrogen (secondary N) is 1. The highest BCUT2D eigenvalue weighted by Gasteiger charge is 2.21. The highest BCUT2D eigenvalue weighted by molar-refractivity contribution is 6.37. The fourth-order valence-electron chi connectivity index (χ4n) is 1.97. The largest absolute Gasteiger partial charge is 0.316 e. The molecule has 0 bridgehead atoms. The number of halogens is 2. The van der Waals surface area contributed by atoms with Gasteiger partial charge in [-0.15, -0.1) is 0 Å². The molecule has 0 radical (unpaired) electrons. The highest BCUT2D eigenvalue weighted by atomic mass is 35.5. The predicted molar refractivity (Wildman–Crippen MR) is 87.0 cm³/mol. The molecule has 0 aromatic heterocycles. The summed E-state index contributed by atoms with van der Waals surface area (Å²) in [5, 5.41) is 14.3. The van der Waals surface area contributed by atoms with Crippen LogP contribution in [-0.4, -0.2) is 10.8 Å². The number of hydrogen-bond donors (Lipinski definition) is 1. The van der Waals surface area contributed by atoms with Gasteiger partial charge in [0.25, 0.3) is 11.6 Å². The second-order valence-electron chi connectivity index (χ2n) is 4.74. The first-order valence-corrected chi connectivity index (χ1v) is 7.08. The van der Waals surface area contributed by atoms with Gasteiger partial charge in [0.05, 0.1) is 15.5 Å². The van der Waals surface area contributed by atoms with E-state index >= 15 is 0 Å². The molecule has 114 valence electrons. The van der Waals surface area contributed by atoms with Gasteiger partial charge in [0.2, 0.25) is 0 Å². The van der Waals surface area contributed by atoms with Gasteiger partial charge in [0.15, 0.2) is 0 Å². The van der Waals surface area contributed by atoms with Gasteiger partial charge in [-0.05, 0) is 43.2 Å². The molecular weight excluding hydrogens is 327 g/mol. The molecule has 22 heavy (non-hydrogen) atoms. The third-order valence-electron chi connectivity index (χ3n) is 3.32. The van der Waals surface area contributed by atoms with Gasteiger partial charge in [-0.1, -0.05) is 29.3 Å². The lowest BCUT2D eigenvalue weighted by Crippen LogP contribution is -2.15. The Morgan fingerprint density at radius 1 is 1.18 bits per heavy atom. The Hall–Kier alpha value is -2.11. The SMILES string of the molecule is Cc1ccc([N+](=O)[O-])c(NC(=O)c2ccc(Cl)cc2Cl)c1C. The van der Waals surface area contributed by atoms with Crippen LogP contribution in [0.25, 0.3) is 0 Å². The summed E-state index contributed by atoms with van der Waals surface area (Å²) >= 11 is 11.8. The standard InChI is InChI=1S/C15H12Cl2N2O3/c1-8-3-6-13(19(21)22)14(9(8)2)18-15(20)11-5-4-10(16)7-12(11)17/h3-7H,1-2H3,(H,18,20). The van der Waals surface area contributed by atoms with Crippen LogP contribution >= 0.6 is 23.2 Å². The Balaban J connectivity index is 2.44. The van der Waals surface area contributed by atoms with Gasteiger partial charge in [-0.25, -0.2) is 0 Å². The van der Waals surface area contributed by atoms with E-state index < -0.39 is 10.8 Å². The van der Waals surface area contributed by atoms with Crippen LogP contribution in [0.3, 0.4) is 0 Å². The number of carbonyl (C=O) groups excluding carboxylic acids is 1. The maximum atomic E-state index is 12.3. The normalized spacial score (nSPS) is 10.4. The average molecular weight is 339 g/mol. The van der Waals surface area contributed by atoms with Crippen molar-refractivity contribution in [2.45, 2.75) is 13.8 Å². The maximum absolute atomic E-state index is 12.3. The fraction of sp³-hybridized carbons (Fsp3) is 0.133. The number of nitro benzene ring substituents is 1. The minimum absolute atomic E-state index is 0.165. The van der Waals surface area contributed by atoms with E-state index in [0.717, 1.165) is 5.56 Å². The molecule has 0 fully saturated rings. The molecule has 0 saturated carbocycles. The quantitative estimate of drug-likeness (QED) is 0.647. The van der Waals surface area contributed by atoms with E-state index in [-0.39, 0.29) is 22.0 Å². The smallest absolute Gasteiger partial charge is 0.293 e. The summed E-state index contributed by atoms with van der Waals surface area (Å²) in [6.07, 6.45) is 0. The molecule has 0 spiro atoms. The number of nitrogens with zero attached hydrogens (tertiary/aromatic N) is 1. The summed E-state index contributed by atoms with van der Waals surface area (Å²) in [6.45, 7) is 3.52. The molecule has 0 unspecified atom stereocenters. The third kappa shape index (κ3) is 3.21. The van der Waals surface area contributed by atoms with Crippen LogP contribution in [0.2, 0.25) is 10.0 Å². The summed E-state index contributed by atoms with van der Waals surface area (Å²) in [7, 11) is 0. The van der Waals surface area contributed by atoms with Crippen LogP contribution < -0.4 is 5.32 Å². The number of rotatable bonds is 3. The molecule has 1 amide bonds. The van der Waals surface area contributed by atoms with Crippen LogP contribution in [0.5, 0.6) is 0 Å². The van der Waals surface area contributed by atoms with E-state index in [1.807, 2.05) is 6.92 Å². The predicted octanol–water partition coefficient (Wildman–Crippen LogP) is 4.77. The zero-order valence-corrected chi connectivity index (χ0v) is 13.3. The topological polar surface area (TPSA) is 72.2 Å². The monoisotopic (exact) mass is 338 g/mol.